The third-order valence-electron chi connectivity index (χ3n) is 1.38. The van der Waals surface area contributed by atoms with E-state index in [2.05, 4.69) is 17.4 Å². The summed E-state index contributed by atoms with van der Waals surface area (Å²) in [6.45, 7) is 3.31. The van der Waals surface area contributed by atoms with Crippen LogP contribution in [-0.4, -0.2) is 23.0 Å². The van der Waals surface area contributed by atoms with Gasteiger partial charge in [0.15, 0.2) is 0 Å². The van der Waals surface area contributed by atoms with E-state index < -0.39 is 7.12 Å². The Morgan fingerprint density at radius 3 is 2.75 bits per heavy atom. The lowest BCUT2D eigenvalue weighted by molar-refractivity contribution is 0.426. The highest BCUT2D eigenvalue weighted by atomic mass is 16.4. The van der Waals surface area contributed by atoms with E-state index in [1.165, 1.54) is 0 Å². The Morgan fingerprint density at radius 1 is 1.42 bits per heavy atom. The molecule has 0 amide bonds. The topological polar surface area (TPSA) is 52.8 Å². The van der Waals surface area contributed by atoms with E-state index in [-0.39, 0.29) is 0 Å². The van der Waals surface area contributed by atoms with Gasteiger partial charge >= 0.3 is 7.12 Å². The summed E-state index contributed by atoms with van der Waals surface area (Å²) in [5.74, 6) is 2.36. The molecule has 12 heavy (non-hydrogen) atoms. The van der Waals surface area contributed by atoms with Gasteiger partial charge in [0, 0.05) is 0 Å². The van der Waals surface area contributed by atoms with Gasteiger partial charge in [-0.3, -0.25) is 0 Å². The fourth-order valence-electron chi connectivity index (χ4n) is 0.846. The summed E-state index contributed by atoms with van der Waals surface area (Å²) in [6.07, 6.45) is 0. The zero-order valence-corrected chi connectivity index (χ0v) is 6.44. The van der Waals surface area contributed by atoms with Gasteiger partial charge in [-0.25, -0.2) is 4.99 Å². The fourth-order valence-corrected chi connectivity index (χ4v) is 0.846. The molecule has 0 aliphatic heterocycles. The van der Waals surface area contributed by atoms with Crippen molar-refractivity contribution in [3.05, 3.63) is 30.8 Å². The minimum atomic E-state index is -1.45. The molecule has 0 spiro atoms. The number of hydrogen-bond acceptors (Lipinski definition) is 3. The minimum Gasteiger partial charge on any atom is -0.423 e. The van der Waals surface area contributed by atoms with Crippen LogP contribution in [0, 0.1) is 0 Å². The summed E-state index contributed by atoms with van der Waals surface area (Å²) in [4.78, 5) is 3.77. The van der Waals surface area contributed by atoms with Gasteiger partial charge in [0.25, 0.3) is 0 Å². The first kappa shape index (κ1) is 8.75. The number of rotatable bonds is 2. The maximum Gasteiger partial charge on any atom is 0.488 e. The van der Waals surface area contributed by atoms with Crippen molar-refractivity contribution in [2.24, 2.45) is 4.99 Å². The standard InChI is InChI=1S/C8H8BNO2/c1-2-10-8-5-3-4-7(6-8)9(11)12/h3-6,11-12H,1H2. The molecule has 0 radical (unpaired) electrons. The normalized spacial score (nSPS) is 8.83. The molecule has 60 valence electrons. The number of nitrogens with zero attached hydrogens (tertiary/aromatic N) is 1. The van der Waals surface area contributed by atoms with Crippen LogP contribution in [-0.2, 0) is 0 Å². The van der Waals surface area contributed by atoms with Crippen LogP contribution in [0.5, 0.6) is 0 Å². The molecule has 0 fully saturated rings. The van der Waals surface area contributed by atoms with Crippen LogP contribution in [0.2, 0.25) is 0 Å². The van der Waals surface area contributed by atoms with Gasteiger partial charge in [-0.1, -0.05) is 12.1 Å². The monoisotopic (exact) mass is 161 g/mol. The zero-order valence-electron chi connectivity index (χ0n) is 6.44. The van der Waals surface area contributed by atoms with E-state index >= 15 is 0 Å². The average Bonchev–Trinajstić information content (AvgIpc) is 2.05. The van der Waals surface area contributed by atoms with Crippen molar-refractivity contribution < 1.29 is 10.0 Å². The first-order valence-corrected chi connectivity index (χ1v) is 3.43. The molecule has 0 aliphatic rings. The Hall–Kier alpha value is -1.35. The zero-order chi connectivity index (χ0) is 8.97. The molecule has 0 saturated carbocycles. The van der Waals surface area contributed by atoms with Gasteiger partial charge in [0.05, 0.1) is 5.69 Å². The molecule has 1 rings (SSSR count). The highest BCUT2D eigenvalue weighted by Crippen LogP contribution is 2.06. The molecule has 0 unspecified atom stereocenters. The Morgan fingerprint density at radius 2 is 2.17 bits per heavy atom. The van der Waals surface area contributed by atoms with E-state index in [0.717, 1.165) is 0 Å². The van der Waals surface area contributed by atoms with Crippen molar-refractivity contribution in [3.8, 4) is 0 Å². The molecule has 0 aliphatic carbocycles. The van der Waals surface area contributed by atoms with Gasteiger partial charge in [-0.2, -0.15) is 0 Å². The largest absolute Gasteiger partial charge is 0.488 e. The second-order valence-corrected chi connectivity index (χ2v) is 2.24. The molecule has 1 aromatic carbocycles. The van der Waals surface area contributed by atoms with Crippen molar-refractivity contribution in [2.75, 3.05) is 0 Å². The maximum absolute atomic E-state index is 8.79. The first-order valence-electron chi connectivity index (χ1n) is 3.43. The average molecular weight is 161 g/mol. The molecule has 3 nitrogen and oxygen atoms in total. The highest BCUT2D eigenvalue weighted by molar-refractivity contribution is 6.58. The smallest absolute Gasteiger partial charge is 0.423 e. The quantitative estimate of drug-likeness (QED) is 0.468. The molecule has 0 atom stereocenters. The summed E-state index contributed by atoms with van der Waals surface area (Å²) in [5.41, 5.74) is 1.02. The van der Waals surface area contributed by atoms with Gasteiger partial charge in [-0.05, 0) is 30.0 Å². The summed E-state index contributed by atoms with van der Waals surface area (Å²) in [6, 6.07) is 6.57. The molecule has 4 heteroatoms. The second kappa shape index (κ2) is 3.88. The molecule has 0 saturated heterocycles. The summed E-state index contributed by atoms with van der Waals surface area (Å²) < 4.78 is 0. The fraction of sp³-hybridized carbons (Fsp3) is 0. The van der Waals surface area contributed by atoms with Crippen LogP contribution >= 0.6 is 0 Å². The number of aliphatic imine (C=N–C) groups is 1. The summed E-state index contributed by atoms with van der Waals surface area (Å²) in [5, 5.41) is 17.6. The highest BCUT2D eigenvalue weighted by Gasteiger charge is 2.09. The first-order chi connectivity index (χ1) is 5.74. The molecular weight excluding hydrogens is 153 g/mol. The summed E-state index contributed by atoms with van der Waals surface area (Å²) >= 11 is 0. The van der Waals surface area contributed by atoms with Crippen LogP contribution in [0.25, 0.3) is 0 Å². The van der Waals surface area contributed by atoms with Crippen LogP contribution in [0.1, 0.15) is 0 Å². The van der Waals surface area contributed by atoms with Gasteiger partial charge in [0.1, 0.15) is 0 Å². The Kier molecular flexibility index (Phi) is 2.83. The van der Waals surface area contributed by atoms with E-state index in [9.17, 15) is 0 Å². The Bertz CT molecular complexity index is 319. The Labute approximate surface area is 70.8 Å². The lowest BCUT2D eigenvalue weighted by Gasteiger charge is -1.98. The van der Waals surface area contributed by atoms with Gasteiger partial charge < -0.3 is 10.0 Å². The second-order valence-electron chi connectivity index (χ2n) is 2.24. The third-order valence-corrected chi connectivity index (χ3v) is 1.38. The molecule has 1 aromatic rings. The molecule has 0 bridgehead atoms. The molecule has 0 heterocycles. The van der Waals surface area contributed by atoms with Crippen molar-refractivity contribution >= 4 is 24.1 Å². The number of hydrogen-bond donors (Lipinski definition) is 2. The Balaban J connectivity index is 3.03. The van der Waals surface area contributed by atoms with E-state index in [1.54, 1.807) is 24.3 Å². The predicted molar refractivity (Wildman–Crippen MR) is 49.0 cm³/mol. The van der Waals surface area contributed by atoms with E-state index in [0.29, 0.717) is 11.2 Å². The molecule has 2 N–H and O–H groups in total. The van der Waals surface area contributed by atoms with Crippen LogP contribution in [0.3, 0.4) is 0 Å². The van der Waals surface area contributed by atoms with Crippen molar-refractivity contribution in [2.45, 2.75) is 0 Å². The van der Waals surface area contributed by atoms with Crippen molar-refractivity contribution in [3.63, 3.8) is 0 Å². The maximum atomic E-state index is 8.79. The van der Waals surface area contributed by atoms with Crippen LogP contribution in [0.4, 0.5) is 5.69 Å². The van der Waals surface area contributed by atoms with E-state index in [4.69, 9.17) is 10.0 Å². The lowest BCUT2D eigenvalue weighted by Crippen LogP contribution is -2.29. The van der Waals surface area contributed by atoms with Gasteiger partial charge in [0.2, 0.25) is 0 Å². The van der Waals surface area contributed by atoms with Crippen LogP contribution < -0.4 is 5.46 Å². The van der Waals surface area contributed by atoms with Crippen molar-refractivity contribution in [1.29, 1.82) is 0 Å². The van der Waals surface area contributed by atoms with Crippen LogP contribution in [0.15, 0.2) is 35.8 Å². The van der Waals surface area contributed by atoms with E-state index in [1.807, 2.05) is 0 Å². The predicted octanol–water partition coefficient (Wildman–Crippen LogP) is -0.146. The molecule has 0 aromatic heterocycles. The third kappa shape index (κ3) is 2.07. The molecular formula is C8H8BNO2. The lowest BCUT2D eigenvalue weighted by atomic mass is 9.80. The van der Waals surface area contributed by atoms with Gasteiger partial charge in [-0.15, -0.1) is 0 Å². The number of benzene rings is 1. The summed E-state index contributed by atoms with van der Waals surface area (Å²) in [7, 11) is -1.45. The SMILES string of the molecule is C=C=Nc1cccc(B(O)O)c1. The minimum absolute atomic E-state index is 0.409. The van der Waals surface area contributed by atoms with Crippen molar-refractivity contribution in [1.82, 2.24) is 0 Å².